The summed E-state index contributed by atoms with van der Waals surface area (Å²) in [5, 5.41) is 0.596. The second kappa shape index (κ2) is 19.7. The third-order valence-corrected chi connectivity index (χ3v) is 5.82. The number of rotatable bonds is 18. The maximum absolute atomic E-state index is 12.5. The molecule has 7 heteroatoms. The van der Waals surface area contributed by atoms with Gasteiger partial charge in [-0.05, 0) is 66.6 Å². The SMILES string of the molecule is CCCCCCCCCCCCCCCC(=S)OCCCN(C(=O)OC(C)(C)C)C(=O)OC(C)(C)C. The molecule has 0 radical (unpaired) electrons. The summed E-state index contributed by atoms with van der Waals surface area (Å²) < 4.78 is 16.4. The zero-order valence-electron chi connectivity index (χ0n) is 24.4. The fourth-order valence-electron chi connectivity index (χ4n) is 3.66. The lowest BCUT2D eigenvalue weighted by Crippen LogP contribution is -2.44. The van der Waals surface area contributed by atoms with Crippen molar-refractivity contribution in [2.24, 2.45) is 0 Å². The van der Waals surface area contributed by atoms with Gasteiger partial charge >= 0.3 is 12.2 Å². The number of hydrogen-bond acceptors (Lipinski definition) is 6. The first-order valence-electron chi connectivity index (χ1n) is 14.2. The Morgan fingerprint density at radius 2 is 1.03 bits per heavy atom. The maximum atomic E-state index is 12.5. The predicted octanol–water partition coefficient (Wildman–Crippen LogP) is 9.37. The van der Waals surface area contributed by atoms with Crippen molar-refractivity contribution in [3.8, 4) is 0 Å². The minimum Gasteiger partial charge on any atom is -0.487 e. The Bertz CT molecular complexity index is 582. The van der Waals surface area contributed by atoms with E-state index in [-0.39, 0.29) is 6.54 Å². The smallest absolute Gasteiger partial charge is 0.419 e. The number of imide groups is 1. The minimum atomic E-state index is -0.716. The molecule has 0 atom stereocenters. The molecule has 6 nitrogen and oxygen atoms in total. The fraction of sp³-hybridized carbons (Fsp3) is 0.897. The number of thiocarbonyl (C=S) groups is 1. The third-order valence-electron chi connectivity index (χ3n) is 5.50. The molecule has 0 aromatic heterocycles. The van der Waals surface area contributed by atoms with Crippen molar-refractivity contribution in [1.82, 2.24) is 4.90 Å². The van der Waals surface area contributed by atoms with Gasteiger partial charge in [-0.1, -0.05) is 84.0 Å². The first-order chi connectivity index (χ1) is 16.9. The highest BCUT2D eigenvalue weighted by Crippen LogP contribution is 2.16. The molecule has 0 aliphatic carbocycles. The Morgan fingerprint density at radius 1 is 0.639 bits per heavy atom. The van der Waals surface area contributed by atoms with Gasteiger partial charge in [-0.2, -0.15) is 0 Å². The molecule has 0 aromatic rings. The second-order valence-electron chi connectivity index (χ2n) is 11.7. The van der Waals surface area contributed by atoms with Gasteiger partial charge in [-0.15, -0.1) is 0 Å². The molecule has 0 unspecified atom stereocenters. The summed E-state index contributed by atoms with van der Waals surface area (Å²) in [6.07, 6.45) is 16.9. The van der Waals surface area contributed by atoms with E-state index in [1.807, 2.05) is 0 Å². The van der Waals surface area contributed by atoms with Crippen LogP contribution in [0, 0.1) is 0 Å². The van der Waals surface area contributed by atoms with Crippen LogP contribution in [0.2, 0.25) is 0 Å². The van der Waals surface area contributed by atoms with Crippen molar-refractivity contribution in [1.29, 1.82) is 0 Å². The lowest BCUT2D eigenvalue weighted by atomic mass is 10.0. The van der Waals surface area contributed by atoms with Crippen LogP contribution in [0.4, 0.5) is 9.59 Å². The van der Waals surface area contributed by atoms with Crippen LogP contribution in [-0.2, 0) is 14.2 Å². The highest BCUT2D eigenvalue weighted by molar-refractivity contribution is 7.80. The van der Waals surface area contributed by atoms with Crippen LogP contribution in [0.15, 0.2) is 0 Å². The molecule has 0 saturated heterocycles. The Kier molecular flexibility index (Phi) is 19.0. The van der Waals surface area contributed by atoms with Crippen molar-refractivity contribution in [2.75, 3.05) is 13.2 Å². The molecule has 0 bridgehead atoms. The van der Waals surface area contributed by atoms with E-state index in [9.17, 15) is 9.59 Å². The van der Waals surface area contributed by atoms with Crippen LogP contribution in [-0.4, -0.2) is 46.5 Å². The lowest BCUT2D eigenvalue weighted by molar-refractivity contribution is 0.000745. The van der Waals surface area contributed by atoms with Gasteiger partial charge in [0.25, 0.3) is 0 Å². The van der Waals surface area contributed by atoms with E-state index in [0.717, 1.165) is 17.7 Å². The van der Waals surface area contributed by atoms with Gasteiger partial charge in [0, 0.05) is 13.0 Å². The van der Waals surface area contributed by atoms with Crippen LogP contribution < -0.4 is 0 Å². The van der Waals surface area contributed by atoms with Crippen LogP contribution in [0.25, 0.3) is 0 Å². The van der Waals surface area contributed by atoms with Crippen molar-refractivity contribution in [3.63, 3.8) is 0 Å². The van der Waals surface area contributed by atoms with Crippen LogP contribution in [0.1, 0.15) is 145 Å². The molecule has 0 aromatic carbocycles. The Labute approximate surface area is 227 Å². The molecule has 212 valence electrons. The number of hydrogen-bond donors (Lipinski definition) is 0. The van der Waals surface area contributed by atoms with Gasteiger partial charge in [-0.3, -0.25) is 0 Å². The zero-order chi connectivity index (χ0) is 27.5. The van der Waals surface area contributed by atoms with Crippen molar-refractivity contribution in [2.45, 2.75) is 156 Å². The monoisotopic (exact) mass is 529 g/mol. The predicted molar refractivity (Wildman–Crippen MR) is 153 cm³/mol. The molecule has 0 rings (SSSR count). The summed E-state index contributed by atoms with van der Waals surface area (Å²) in [5.41, 5.74) is -1.41. The van der Waals surface area contributed by atoms with Gasteiger partial charge in [0.05, 0.1) is 6.61 Å². The average molecular weight is 530 g/mol. The molecule has 0 aliphatic heterocycles. The fourth-order valence-corrected chi connectivity index (χ4v) is 3.89. The van der Waals surface area contributed by atoms with Gasteiger partial charge in [0.15, 0.2) is 5.05 Å². The molecule has 0 fully saturated rings. The van der Waals surface area contributed by atoms with Gasteiger partial charge < -0.3 is 14.2 Å². The summed E-state index contributed by atoms with van der Waals surface area (Å²) in [6.45, 7) is 13.3. The highest BCUT2D eigenvalue weighted by atomic mass is 32.1. The number of nitrogens with zero attached hydrogens (tertiary/aromatic N) is 1. The highest BCUT2D eigenvalue weighted by Gasteiger charge is 2.30. The molecular formula is C29H55NO5S. The van der Waals surface area contributed by atoms with Crippen LogP contribution in [0.5, 0.6) is 0 Å². The number of unbranched alkanes of at least 4 members (excludes halogenated alkanes) is 12. The topological polar surface area (TPSA) is 65.1 Å². The van der Waals surface area contributed by atoms with E-state index in [1.165, 1.54) is 77.0 Å². The summed E-state index contributed by atoms with van der Waals surface area (Å²) in [7, 11) is 0. The van der Waals surface area contributed by atoms with E-state index in [1.54, 1.807) is 41.5 Å². The largest absolute Gasteiger partial charge is 0.487 e. The Morgan fingerprint density at radius 3 is 1.42 bits per heavy atom. The standard InChI is InChI=1S/C29H55NO5S/c1-8-9-10-11-12-13-14-15-16-17-18-19-20-22-25(36)33-24-21-23-30(26(31)34-28(2,3)4)27(32)35-29(5,6)7/h8-24H2,1-7H3. The molecule has 0 spiro atoms. The molecule has 2 amide bonds. The first-order valence-corrected chi connectivity index (χ1v) is 14.7. The zero-order valence-corrected chi connectivity index (χ0v) is 25.2. The van der Waals surface area contributed by atoms with Gasteiger partial charge in [0.1, 0.15) is 11.2 Å². The molecule has 36 heavy (non-hydrogen) atoms. The number of carbonyl (C=O) groups is 2. The van der Waals surface area contributed by atoms with Gasteiger partial charge in [-0.25, -0.2) is 14.5 Å². The number of carbonyl (C=O) groups excluding carboxylic acids is 2. The second-order valence-corrected chi connectivity index (χ2v) is 12.1. The minimum absolute atomic E-state index is 0.144. The Balaban J connectivity index is 3.99. The lowest BCUT2D eigenvalue weighted by Gasteiger charge is -2.28. The van der Waals surface area contributed by atoms with E-state index in [2.05, 4.69) is 6.92 Å². The van der Waals surface area contributed by atoms with Crippen LogP contribution >= 0.6 is 12.2 Å². The normalized spacial score (nSPS) is 11.8. The van der Waals surface area contributed by atoms with E-state index in [4.69, 9.17) is 26.4 Å². The van der Waals surface area contributed by atoms with Gasteiger partial charge in [0.2, 0.25) is 0 Å². The average Bonchev–Trinajstić information content (AvgIpc) is 2.74. The summed E-state index contributed by atoms with van der Waals surface area (Å²) in [5.74, 6) is 0. The molecule has 0 saturated carbocycles. The van der Waals surface area contributed by atoms with E-state index < -0.39 is 23.4 Å². The number of amides is 2. The molecular weight excluding hydrogens is 474 g/mol. The molecule has 0 aliphatic rings. The first kappa shape index (κ1) is 34.6. The van der Waals surface area contributed by atoms with E-state index >= 15 is 0 Å². The molecule has 0 N–H and O–H groups in total. The number of ether oxygens (including phenoxy) is 3. The Hall–Kier alpha value is -1.37. The maximum Gasteiger partial charge on any atom is 0.419 e. The quantitative estimate of drug-likeness (QED) is 0.130. The van der Waals surface area contributed by atoms with Crippen molar-refractivity contribution >= 4 is 29.5 Å². The van der Waals surface area contributed by atoms with E-state index in [0.29, 0.717) is 18.1 Å². The summed E-state index contributed by atoms with van der Waals surface area (Å²) in [6, 6.07) is 0. The van der Waals surface area contributed by atoms with Crippen molar-refractivity contribution < 1.29 is 23.8 Å². The summed E-state index contributed by atoms with van der Waals surface area (Å²) >= 11 is 5.35. The third kappa shape index (κ3) is 21.9. The summed E-state index contributed by atoms with van der Waals surface area (Å²) in [4.78, 5) is 26.0. The van der Waals surface area contributed by atoms with Crippen LogP contribution in [0.3, 0.4) is 0 Å². The van der Waals surface area contributed by atoms with Crippen molar-refractivity contribution in [3.05, 3.63) is 0 Å². The molecule has 0 heterocycles.